The van der Waals surface area contributed by atoms with E-state index in [0.717, 1.165) is 62.5 Å². The number of fused-ring (bicyclic) bond motifs is 1. The Morgan fingerprint density at radius 3 is 2.93 bits per heavy atom. The van der Waals surface area contributed by atoms with Gasteiger partial charge in [0.05, 0.1) is 6.42 Å². The van der Waals surface area contributed by atoms with Crippen LogP contribution in [0.2, 0.25) is 0 Å². The van der Waals surface area contributed by atoms with Crippen LogP contribution >= 0.6 is 0 Å². The van der Waals surface area contributed by atoms with Crippen molar-refractivity contribution in [3.63, 3.8) is 0 Å². The Morgan fingerprint density at radius 1 is 1.30 bits per heavy atom. The lowest BCUT2D eigenvalue weighted by molar-refractivity contribution is -0.137. The third kappa shape index (κ3) is 5.18. The van der Waals surface area contributed by atoms with Crippen LogP contribution in [0.3, 0.4) is 0 Å². The molecule has 4 rings (SSSR count). The molecule has 3 N–H and O–H groups in total. The lowest BCUT2D eigenvalue weighted by Gasteiger charge is -2.32. The number of pyridine rings is 1. The molecular weight excluding hydrogens is 376 g/mol. The van der Waals surface area contributed by atoms with Gasteiger partial charge in [0.2, 0.25) is 0 Å². The molecule has 2 unspecified atom stereocenters. The molecule has 6 nitrogen and oxygen atoms in total. The normalized spacial score (nSPS) is 22.3. The highest BCUT2D eigenvalue weighted by molar-refractivity contribution is 5.68. The van der Waals surface area contributed by atoms with Crippen LogP contribution in [0.5, 0.6) is 0 Å². The summed E-state index contributed by atoms with van der Waals surface area (Å²) >= 11 is 0. The summed E-state index contributed by atoms with van der Waals surface area (Å²) in [6, 6.07) is 14.1. The number of likely N-dealkylation sites (tertiary alicyclic amines) is 1. The molecule has 1 aromatic carbocycles. The Morgan fingerprint density at radius 2 is 2.13 bits per heavy atom. The Bertz CT molecular complexity index is 873. The number of aliphatic carboxylic acids is 1. The first-order chi connectivity index (χ1) is 14.5. The van der Waals surface area contributed by atoms with Crippen molar-refractivity contribution in [1.82, 2.24) is 15.2 Å². The van der Waals surface area contributed by atoms with E-state index in [1.807, 2.05) is 30.3 Å². The van der Waals surface area contributed by atoms with Gasteiger partial charge in [-0.1, -0.05) is 36.4 Å². The highest BCUT2D eigenvalue weighted by atomic mass is 16.4. The second-order valence-corrected chi connectivity index (χ2v) is 8.88. The van der Waals surface area contributed by atoms with Crippen LogP contribution < -0.4 is 10.6 Å². The van der Waals surface area contributed by atoms with E-state index in [2.05, 4.69) is 34.6 Å². The molecule has 1 fully saturated rings. The summed E-state index contributed by atoms with van der Waals surface area (Å²) in [5.74, 6) is 0.285. The number of carboxylic acids is 1. The molecule has 0 spiro atoms. The van der Waals surface area contributed by atoms with E-state index in [1.54, 1.807) is 0 Å². The van der Waals surface area contributed by atoms with Crippen molar-refractivity contribution in [2.45, 2.75) is 50.6 Å². The molecule has 0 bridgehead atoms. The average molecular weight is 409 g/mol. The summed E-state index contributed by atoms with van der Waals surface area (Å²) in [6.07, 6.45) is 4.33. The molecule has 1 saturated heterocycles. The van der Waals surface area contributed by atoms with Gasteiger partial charge in [0.15, 0.2) is 0 Å². The molecule has 3 heterocycles. The maximum Gasteiger partial charge on any atom is 0.305 e. The number of hydrogen-bond acceptors (Lipinski definition) is 5. The second kappa shape index (κ2) is 9.14. The highest BCUT2D eigenvalue weighted by Gasteiger charge is 2.36. The van der Waals surface area contributed by atoms with Crippen LogP contribution in [0.1, 0.15) is 49.0 Å². The Hall–Kier alpha value is -2.44. The van der Waals surface area contributed by atoms with Gasteiger partial charge in [-0.05, 0) is 43.4 Å². The first-order valence-corrected chi connectivity index (χ1v) is 11.0. The number of carboxylic acid groups (broad SMARTS) is 1. The van der Waals surface area contributed by atoms with Crippen molar-refractivity contribution in [3.05, 3.63) is 59.3 Å². The second-order valence-electron chi connectivity index (χ2n) is 8.88. The number of nitrogens with one attached hydrogen (secondary N) is 2. The summed E-state index contributed by atoms with van der Waals surface area (Å²) in [5.41, 5.74) is 3.40. The van der Waals surface area contributed by atoms with Crippen LogP contribution in [0.25, 0.3) is 0 Å². The molecule has 2 aliphatic heterocycles. The fourth-order valence-corrected chi connectivity index (χ4v) is 4.68. The minimum Gasteiger partial charge on any atom is -0.481 e. The maximum atomic E-state index is 11.4. The van der Waals surface area contributed by atoms with Crippen molar-refractivity contribution in [2.24, 2.45) is 0 Å². The van der Waals surface area contributed by atoms with Gasteiger partial charge in [-0.25, -0.2) is 4.98 Å². The third-order valence-electron chi connectivity index (χ3n) is 6.29. The minimum absolute atomic E-state index is 0.0889. The first-order valence-electron chi connectivity index (χ1n) is 11.0. The lowest BCUT2D eigenvalue weighted by atomic mass is 9.95. The Kier molecular flexibility index (Phi) is 6.35. The van der Waals surface area contributed by atoms with Crippen molar-refractivity contribution in [3.8, 4) is 0 Å². The first kappa shape index (κ1) is 20.8. The zero-order valence-electron chi connectivity index (χ0n) is 17.7. The molecule has 160 valence electrons. The third-order valence-corrected chi connectivity index (χ3v) is 6.29. The number of aryl methyl sites for hydroxylation is 1. The summed E-state index contributed by atoms with van der Waals surface area (Å²) in [7, 11) is 0. The van der Waals surface area contributed by atoms with Gasteiger partial charge in [0, 0.05) is 49.9 Å². The van der Waals surface area contributed by atoms with Gasteiger partial charge in [-0.2, -0.15) is 0 Å². The zero-order valence-corrected chi connectivity index (χ0v) is 17.7. The molecule has 30 heavy (non-hydrogen) atoms. The molecule has 1 aromatic heterocycles. The molecule has 2 aromatic rings. The largest absolute Gasteiger partial charge is 0.481 e. The van der Waals surface area contributed by atoms with E-state index in [-0.39, 0.29) is 18.0 Å². The molecule has 0 amide bonds. The Labute approximate surface area is 178 Å². The maximum absolute atomic E-state index is 11.4. The van der Waals surface area contributed by atoms with E-state index >= 15 is 0 Å². The van der Waals surface area contributed by atoms with E-state index in [1.165, 1.54) is 12.0 Å². The molecule has 0 saturated carbocycles. The summed E-state index contributed by atoms with van der Waals surface area (Å²) < 4.78 is 0. The van der Waals surface area contributed by atoms with E-state index < -0.39 is 5.97 Å². The van der Waals surface area contributed by atoms with Crippen molar-refractivity contribution >= 4 is 11.8 Å². The van der Waals surface area contributed by atoms with Crippen molar-refractivity contribution < 1.29 is 9.90 Å². The smallest absolute Gasteiger partial charge is 0.305 e. The monoisotopic (exact) mass is 408 g/mol. The van der Waals surface area contributed by atoms with Gasteiger partial charge in [-0.3, -0.25) is 4.79 Å². The van der Waals surface area contributed by atoms with Crippen molar-refractivity contribution in [2.75, 3.05) is 31.5 Å². The summed E-state index contributed by atoms with van der Waals surface area (Å²) in [4.78, 5) is 18.7. The number of hydrogen-bond donors (Lipinski definition) is 3. The SMILES string of the molecule is CC1(NC(CC(=O)O)c2ccccc2)CCN(CCc2ccc3c(n2)NCCC3)C1. The predicted octanol–water partition coefficient (Wildman–Crippen LogP) is 3.25. The molecule has 2 aliphatic rings. The summed E-state index contributed by atoms with van der Waals surface area (Å²) in [6.45, 7) is 6.13. The fourth-order valence-electron chi connectivity index (χ4n) is 4.68. The minimum atomic E-state index is -0.776. The fraction of sp³-hybridized carbons (Fsp3) is 0.500. The van der Waals surface area contributed by atoms with Gasteiger partial charge in [-0.15, -0.1) is 0 Å². The van der Waals surface area contributed by atoms with Gasteiger partial charge in [0.1, 0.15) is 5.82 Å². The quantitative estimate of drug-likeness (QED) is 0.622. The van der Waals surface area contributed by atoms with E-state index in [9.17, 15) is 9.90 Å². The van der Waals surface area contributed by atoms with Crippen molar-refractivity contribution in [1.29, 1.82) is 0 Å². The average Bonchev–Trinajstić information content (AvgIpc) is 3.12. The predicted molar refractivity (Wildman–Crippen MR) is 119 cm³/mol. The highest BCUT2D eigenvalue weighted by Crippen LogP contribution is 2.27. The van der Waals surface area contributed by atoms with E-state index in [0.29, 0.717) is 0 Å². The van der Waals surface area contributed by atoms with Crippen LogP contribution in [0.15, 0.2) is 42.5 Å². The number of benzene rings is 1. The van der Waals surface area contributed by atoms with E-state index in [4.69, 9.17) is 4.98 Å². The topological polar surface area (TPSA) is 77.5 Å². The molecule has 6 heteroatoms. The van der Waals surface area contributed by atoms with Gasteiger partial charge < -0.3 is 20.6 Å². The molecule has 0 radical (unpaired) electrons. The number of aromatic nitrogens is 1. The van der Waals surface area contributed by atoms with Crippen LogP contribution in [0.4, 0.5) is 5.82 Å². The number of rotatable bonds is 8. The van der Waals surface area contributed by atoms with Gasteiger partial charge >= 0.3 is 5.97 Å². The zero-order chi connectivity index (χ0) is 21.0. The molecule has 2 atom stereocenters. The number of anilines is 1. The summed E-state index contributed by atoms with van der Waals surface area (Å²) in [5, 5.41) is 16.5. The Balaban J connectivity index is 1.35. The van der Waals surface area contributed by atoms with Crippen LogP contribution in [-0.2, 0) is 17.6 Å². The number of carbonyl (C=O) groups is 1. The number of nitrogens with zero attached hydrogens (tertiary/aromatic N) is 2. The lowest BCUT2D eigenvalue weighted by Crippen LogP contribution is -2.47. The standard InChI is InChI=1S/C24H32N4O2/c1-24(27-21(16-22(29)30)18-6-3-2-4-7-18)12-15-28(17-24)14-11-20-10-9-19-8-5-13-25-23(19)26-20/h2-4,6-7,9-10,21,27H,5,8,11-17H2,1H3,(H,25,26)(H,29,30). The van der Waals surface area contributed by atoms with Crippen LogP contribution in [-0.4, -0.2) is 52.7 Å². The van der Waals surface area contributed by atoms with Crippen LogP contribution in [0, 0.1) is 0 Å². The molecular formula is C24H32N4O2. The van der Waals surface area contributed by atoms with Gasteiger partial charge in [0.25, 0.3) is 0 Å². The molecule has 0 aliphatic carbocycles.